The third kappa shape index (κ3) is 4.28. The molecule has 4 aromatic heterocycles. The van der Waals surface area contributed by atoms with Crippen LogP contribution in [0.2, 0.25) is 0 Å². The van der Waals surface area contributed by atoms with Crippen LogP contribution in [0.5, 0.6) is 0 Å². The molecule has 4 aromatic rings. The van der Waals surface area contributed by atoms with E-state index in [2.05, 4.69) is 44.0 Å². The Morgan fingerprint density at radius 1 is 1.24 bits per heavy atom. The average Bonchev–Trinajstić information content (AvgIpc) is 3.38. The number of carbonyl (C=O) groups is 1. The van der Waals surface area contributed by atoms with Gasteiger partial charge in [-0.3, -0.25) is 9.78 Å². The lowest BCUT2D eigenvalue weighted by Gasteiger charge is -2.13. The van der Waals surface area contributed by atoms with Crippen molar-refractivity contribution in [2.45, 2.75) is 26.3 Å². The number of nitrogens with one attached hydrogen (secondary N) is 2. The Bertz CT molecular complexity index is 1110. The summed E-state index contributed by atoms with van der Waals surface area (Å²) in [5.41, 5.74) is 2.01. The number of hydrogen-bond acceptors (Lipinski definition) is 7. The SMILES string of the molecule is Cc1c(C(=O)NCCc2cccnc2)sc2ncnc(NC(C)c3cccs3)c12. The third-order valence-electron chi connectivity index (χ3n) is 4.68. The van der Waals surface area contributed by atoms with Gasteiger partial charge in [-0.15, -0.1) is 22.7 Å². The van der Waals surface area contributed by atoms with Gasteiger partial charge in [-0.25, -0.2) is 9.97 Å². The molecule has 6 nitrogen and oxygen atoms in total. The fourth-order valence-corrected chi connectivity index (χ4v) is 4.96. The molecule has 0 aliphatic heterocycles. The topological polar surface area (TPSA) is 79.8 Å². The van der Waals surface area contributed by atoms with Gasteiger partial charge in [0.05, 0.1) is 16.3 Å². The summed E-state index contributed by atoms with van der Waals surface area (Å²) in [7, 11) is 0. The summed E-state index contributed by atoms with van der Waals surface area (Å²) >= 11 is 3.11. The number of carbonyl (C=O) groups excluding carboxylic acids is 1. The third-order valence-corrected chi connectivity index (χ3v) is 6.93. The maximum atomic E-state index is 12.8. The lowest BCUT2D eigenvalue weighted by molar-refractivity contribution is 0.0957. The summed E-state index contributed by atoms with van der Waals surface area (Å²) in [5, 5.41) is 9.46. The highest BCUT2D eigenvalue weighted by molar-refractivity contribution is 7.20. The predicted molar refractivity (Wildman–Crippen MR) is 119 cm³/mol. The Kier molecular flexibility index (Phi) is 5.82. The Hall–Kier alpha value is -2.84. The first-order valence-electron chi connectivity index (χ1n) is 9.34. The highest BCUT2D eigenvalue weighted by Gasteiger charge is 2.20. The maximum Gasteiger partial charge on any atom is 0.261 e. The number of anilines is 1. The Labute approximate surface area is 177 Å². The molecule has 0 fully saturated rings. The van der Waals surface area contributed by atoms with Crippen LogP contribution in [-0.2, 0) is 6.42 Å². The van der Waals surface area contributed by atoms with Crippen molar-refractivity contribution in [3.8, 4) is 0 Å². The molecule has 0 aliphatic rings. The van der Waals surface area contributed by atoms with Gasteiger partial charge in [-0.1, -0.05) is 12.1 Å². The van der Waals surface area contributed by atoms with Crippen molar-refractivity contribution in [2.75, 3.05) is 11.9 Å². The van der Waals surface area contributed by atoms with Gasteiger partial charge in [0.2, 0.25) is 0 Å². The van der Waals surface area contributed by atoms with E-state index < -0.39 is 0 Å². The second-order valence-corrected chi connectivity index (χ2v) is 8.69. The van der Waals surface area contributed by atoms with Gasteiger partial charge in [-0.2, -0.15) is 0 Å². The molecule has 1 amide bonds. The first-order chi connectivity index (χ1) is 14.1. The van der Waals surface area contributed by atoms with Crippen molar-refractivity contribution in [1.82, 2.24) is 20.3 Å². The first-order valence-corrected chi connectivity index (χ1v) is 11.0. The normalized spacial score (nSPS) is 12.1. The summed E-state index contributed by atoms with van der Waals surface area (Å²) in [6, 6.07) is 8.17. The van der Waals surface area contributed by atoms with Crippen LogP contribution in [0.25, 0.3) is 10.2 Å². The van der Waals surface area contributed by atoms with Crippen LogP contribution < -0.4 is 10.6 Å². The van der Waals surface area contributed by atoms with Crippen LogP contribution >= 0.6 is 22.7 Å². The molecule has 0 saturated carbocycles. The highest BCUT2D eigenvalue weighted by Crippen LogP contribution is 2.35. The number of amides is 1. The second-order valence-electron chi connectivity index (χ2n) is 6.71. The van der Waals surface area contributed by atoms with Crippen LogP contribution in [0.3, 0.4) is 0 Å². The Morgan fingerprint density at radius 3 is 2.90 bits per heavy atom. The fraction of sp³-hybridized carbons (Fsp3) is 0.238. The van der Waals surface area contributed by atoms with Gasteiger partial charge in [-0.05, 0) is 48.9 Å². The van der Waals surface area contributed by atoms with Gasteiger partial charge >= 0.3 is 0 Å². The number of fused-ring (bicyclic) bond motifs is 1. The molecule has 0 saturated heterocycles. The van der Waals surface area contributed by atoms with E-state index in [1.165, 1.54) is 16.2 Å². The summed E-state index contributed by atoms with van der Waals surface area (Å²) in [5.74, 6) is 0.686. The molecule has 0 aromatic carbocycles. The fourth-order valence-electron chi connectivity index (χ4n) is 3.16. The predicted octanol–water partition coefficient (Wildman–Crippen LogP) is 4.60. The van der Waals surface area contributed by atoms with Gasteiger partial charge < -0.3 is 10.6 Å². The monoisotopic (exact) mass is 423 g/mol. The molecule has 29 heavy (non-hydrogen) atoms. The Morgan fingerprint density at radius 2 is 2.14 bits per heavy atom. The van der Waals surface area contributed by atoms with Crippen molar-refractivity contribution in [3.63, 3.8) is 0 Å². The molecule has 0 radical (unpaired) electrons. The molecular formula is C21H21N5OS2. The van der Waals surface area contributed by atoms with Gasteiger partial charge in [0.15, 0.2) is 0 Å². The second kappa shape index (κ2) is 8.67. The van der Waals surface area contributed by atoms with Crippen molar-refractivity contribution < 1.29 is 4.79 Å². The van der Waals surface area contributed by atoms with Crippen LogP contribution in [0.4, 0.5) is 5.82 Å². The molecule has 0 spiro atoms. The van der Waals surface area contributed by atoms with Crippen LogP contribution in [0.15, 0.2) is 48.4 Å². The first kappa shape index (κ1) is 19.5. The van der Waals surface area contributed by atoms with Crippen LogP contribution in [-0.4, -0.2) is 27.4 Å². The number of pyridine rings is 1. The lowest BCUT2D eigenvalue weighted by Crippen LogP contribution is -2.25. The summed E-state index contributed by atoms with van der Waals surface area (Å²) in [4.78, 5) is 28.4. The summed E-state index contributed by atoms with van der Waals surface area (Å²) < 4.78 is 0. The highest BCUT2D eigenvalue weighted by atomic mass is 32.1. The zero-order chi connectivity index (χ0) is 20.2. The van der Waals surface area contributed by atoms with Gasteiger partial charge in [0, 0.05) is 23.8 Å². The number of thiophene rings is 2. The largest absolute Gasteiger partial charge is 0.362 e. The molecule has 0 aliphatic carbocycles. The van der Waals surface area contributed by atoms with E-state index in [4.69, 9.17) is 0 Å². The van der Waals surface area contributed by atoms with Crippen molar-refractivity contribution in [1.29, 1.82) is 0 Å². The van der Waals surface area contributed by atoms with E-state index in [-0.39, 0.29) is 11.9 Å². The molecule has 1 unspecified atom stereocenters. The number of nitrogens with zero attached hydrogens (tertiary/aromatic N) is 3. The van der Waals surface area contributed by atoms with E-state index in [0.717, 1.165) is 33.6 Å². The van der Waals surface area contributed by atoms with Crippen molar-refractivity contribution in [2.24, 2.45) is 0 Å². The number of aryl methyl sites for hydroxylation is 1. The lowest BCUT2D eigenvalue weighted by atomic mass is 10.1. The Balaban J connectivity index is 1.51. The van der Waals surface area contributed by atoms with Crippen LogP contribution in [0, 0.1) is 6.92 Å². The standard InChI is InChI=1S/C21H21N5OS2/c1-13-17-19(26-14(2)16-6-4-10-28-16)24-12-25-21(17)29-18(13)20(27)23-9-7-15-5-3-8-22-11-15/h3-6,8,10-12,14H,7,9H2,1-2H3,(H,23,27)(H,24,25,26). The molecule has 2 N–H and O–H groups in total. The quantitative estimate of drug-likeness (QED) is 0.454. The minimum Gasteiger partial charge on any atom is -0.362 e. The molecular weight excluding hydrogens is 402 g/mol. The molecule has 4 heterocycles. The summed E-state index contributed by atoms with van der Waals surface area (Å²) in [6.07, 6.45) is 5.86. The molecule has 1 atom stereocenters. The van der Waals surface area contributed by atoms with E-state index in [1.54, 1.807) is 23.9 Å². The summed E-state index contributed by atoms with van der Waals surface area (Å²) in [6.45, 7) is 4.62. The van der Waals surface area contributed by atoms with E-state index >= 15 is 0 Å². The zero-order valence-electron chi connectivity index (χ0n) is 16.2. The maximum absolute atomic E-state index is 12.8. The van der Waals surface area contributed by atoms with Crippen molar-refractivity contribution >= 4 is 44.6 Å². The van der Waals surface area contributed by atoms with E-state index in [1.807, 2.05) is 31.3 Å². The zero-order valence-corrected chi connectivity index (χ0v) is 17.8. The number of hydrogen-bond donors (Lipinski definition) is 2. The smallest absolute Gasteiger partial charge is 0.261 e. The number of rotatable bonds is 7. The minimum atomic E-state index is -0.0772. The van der Waals surface area contributed by atoms with Crippen LogP contribution in [0.1, 0.15) is 38.6 Å². The van der Waals surface area contributed by atoms with E-state index in [0.29, 0.717) is 11.4 Å². The molecule has 0 bridgehead atoms. The molecule has 8 heteroatoms. The van der Waals surface area contributed by atoms with Gasteiger partial charge in [0.1, 0.15) is 17.0 Å². The van der Waals surface area contributed by atoms with Gasteiger partial charge in [0.25, 0.3) is 5.91 Å². The molecule has 148 valence electrons. The van der Waals surface area contributed by atoms with E-state index in [9.17, 15) is 4.79 Å². The van der Waals surface area contributed by atoms with Crippen molar-refractivity contribution in [3.05, 3.63) is 69.2 Å². The number of aromatic nitrogens is 3. The molecule has 4 rings (SSSR count). The minimum absolute atomic E-state index is 0.0772. The average molecular weight is 424 g/mol.